The van der Waals surface area contributed by atoms with Gasteiger partial charge >= 0.3 is 0 Å². The second-order valence-electron chi connectivity index (χ2n) is 8.16. The average Bonchev–Trinajstić information content (AvgIpc) is 3.05. The number of aryl methyl sites for hydroxylation is 2. The smallest absolute Gasteiger partial charge is 0.146 e. The van der Waals surface area contributed by atoms with Gasteiger partial charge in [-0.25, -0.2) is 9.97 Å². The van der Waals surface area contributed by atoms with Crippen LogP contribution in [0.3, 0.4) is 0 Å². The number of anilines is 1. The zero-order chi connectivity index (χ0) is 19.1. The largest absolute Gasteiger partial charge is 0.385 e. The van der Waals surface area contributed by atoms with Crippen molar-refractivity contribution in [1.82, 2.24) is 14.9 Å². The highest BCUT2D eigenvalue weighted by Gasteiger charge is 2.43. The average molecular weight is 400 g/mol. The van der Waals surface area contributed by atoms with Gasteiger partial charge < -0.3 is 14.7 Å². The van der Waals surface area contributed by atoms with Crippen LogP contribution < -0.4 is 4.90 Å². The molecule has 0 unspecified atom stereocenters. The zero-order valence-electron chi connectivity index (χ0n) is 16.0. The van der Waals surface area contributed by atoms with E-state index in [2.05, 4.69) is 15.9 Å². The number of rotatable bonds is 4. The second kappa shape index (κ2) is 7.23. The van der Waals surface area contributed by atoms with Crippen LogP contribution in [0.1, 0.15) is 35.5 Å². The zero-order valence-corrected chi connectivity index (χ0v) is 16.8. The standard InChI is InChI=1S/C20H25N5O2S/c21-6-5-20(26)12-25(13-20)18-17-14-3-1-2-4-15(14)28-19(17)23-16(22-18)11-24-7-9-27-10-8-24/h26H,1-5,7-13H2. The molecule has 2 aromatic rings. The summed E-state index contributed by atoms with van der Waals surface area (Å²) in [6, 6.07) is 2.10. The lowest BCUT2D eigenvalue weighted by Crippen LogP contribution is -2.62. The van der Waals surface area contributed by atoms with Crippen molar-refractivity contribution >= 4 is 27.4 Å². The molecule has 2 aliphatic heterocycles. The molecule has 2 fully saturated rings. The molecule has 7 nitrogen and oxygen atoms in total. The maximum absolute atomic E-state index is 10.5. The third kappa shape index (κ3) is 3.26. The maximum atomic E-state index is 10.5. The lowest BCUT2D eigenvalue weighted by molar-refractivity contribution is 0.0162. The topological polar surface area (TPSA) is 85.5 Å². The molecule has 4 heterocycles. The second-order valence-corrected chi connectivity index (χ2v) is 9.24. The summed E-state index contributed by atoms with van der Waals surface area (Å²) in [7, 11) is 0. The van der Waals surface area contributed by atoms with Crippen molar-refractivity contribution in [3.05, 3.63) is 16.3 Å². The molecule has 0 amide bonds. The number of thiophene rings is 1. The lowest BCUT2D eigenvalue weighted by Gasteiger charge is -2.46. The van der Waals surface area contributed by atoms with Gasteiger partial charge in [0.2, 0.25) is 0 Å². The van der Waals surface area contributed by atoms with Crippen LogP contribution >= 0.6 is 11.3 Å². The summed E-state index contributed by atoms with van der Waals surface area (Å²) >= 11 is 1.82. The molecule has 0 atom stereocenters. The van der Waals surface area contributed by atoms with Crippen molar-refractivity contribution in [2.24, 2.45) is 0 Å². The summed E-state index contributed by atoms with van der Waals surface area (Å²) in [4.78, 5) is 16.9. The van der Waals surface area contributed by atoms with Crippen LogP contribution in [-0.2, 0) is 24.1 Å². The Hall–Kier alpha value is -1.79. The first-order valence-electron chi connectivity index (χ1n) is 10.1. The summed E-state index contributed by atoms with van der Waals surface area (Å²) < 4.78 is 5.45. The van der Waals surface area contributed by atoms with E-state index in [-0.39, 0.29) is 6.42 Å². The van der Waals surface area contributed by atoms with E-state index < -0.39 is 5.60 Å². The molecule has 28 heavy (non-hydrogen) atoms. The number of ether oxygens (including phenoxy) is 1. The molecule has 8 heteroatoms. The Morgan fingerprint density at radius 1 is 1.18 bits per heavy atom. The van der Waals surface area contributed by atoms with Gasteiger partial charge in [-0.15, -0.1) is 11.3 Å². The molecule has 0 radical (unpaired) electrons. The normalized spacial score (nSPS) is 21.9. The quantitative estimate of drug-likeness (QED) is 0.840. The van der Waals surface area contributed by atoms with Crippen molar-refractivity contribution in [2.45, 2.75) is 44.2 Å². The van der Waals surface area contributed by atoms with Gasteiger partial charge in [0.15, 0.2) is 0 Å². The Morgan fingerprint density at radius 3 is 2.75 bits per heavy atom. The van der Waals surface area contributed by atoms with Crippen LogP contribution in [0.5, 0.6) is 0 Å². The van der Waals surface area contributed by atoms with Gasteiger partial charge in [-0.3, -0.25) is 4.90 Å². The van der Waals surface area contributed by atoms with Crippen molar-refractivity contribution in [3.63, 3.8) is 0 Å². The van der Waals surface area contributed by atoms with Crippen LogP contribution in [0, 0.1) is 11.3 Å². The lowest BCUT2D eigenvalue weighted by atomic mass is 9.90. The molecule has 5 rings (SSSR count). The highest BCUT2D eigenvalue weighted by atomic mass is 32.1. The molecular formula is C20H25N5O2S. The van der Waals surface area contributed by atoms with E-state index in [9.17, 15) is 5.11 Å². The summed E-state index contributed by atoms with van der Waals surface area (Å²) in [5.74, 6) is 1.80. The Kier molecular flexibility index (Phi) is 4.71. The molecule has 0 aromatic carbocycles. The first-order chi connectivity index (χ1) is 13.6. The Balaban J connectivity index is 1.51. The van der Waals surface area contributed by atoms with Crippen LogP contribution in [-0.4, -0.2) is 65.0 Å². The minimum Gasteiger partial charge on any atom is -0.385 e. The highest BCUT2D eigenvalue weighted by Crippen LogP contribution is 2.42. The van der Waals surface area contributed by atoms with E-state index in [1.165, 1.54) is 28.7 Å². The molecule has 2 aromatic heterocycles. The first kappa shape index (κ1) is 18.3. The number of fused-ring (bicyclic) bond motifs is 3. The van der Waals surface area contributed by atoms with Crippen LogP contribution in [0.4, 0.5) is 5.82 Å². The number of hydrogen-bond donors (Lipinski definition) is 1. The van der Waals surface area contributed by atoms with Crippen LogP contribution in [0.25, 0.3) is 10.2 Å². The van der Waals surface area contributed by atoms with Crippen molar-refractivity contribution in [3.8, 4) is 6.07 Å². The first-order valence-corrected chi connectivity index (χ1v) is 10.9. The Morgan fingerprint density at radius 2 is 1.96 bits per heavy atom. The van der Waals surface area contributed by atoms with E-state index in [1.807, 2.05) is 11.3 Å². The van der Waals surface area contributed by atoms with Gasteiger partial charge in [-0.1, -0.05) is 0 Å². The highest BCUT2D eigenvalue weighted by molar-refractivity contribution is 7.19. The predicted octanol–water partition coefficient (Wildman–Crippen LogP) is 1.87. The van der Waals surface area contributed by atoms with E-state index >= 15 is 0 Å². The van der Waals surface area contributed by atoms with E-state index in [1.54, 1.807) is 0 Å². The van der Waals surface area contributed by atoms with Gasteiger partial charge in [0.1, 0.15) is 22.1 Å². The number of aromatic nitrogens is 2. The fourth-order valence-electron chi connectivity index (χ4n) is 4.51. The number of nitrogens with zero attached hydrogens (tertiary/aromatic N) is 5. The molecule has 0 bridgehead atoms. The molecule has 148 valence electrons. The molecule has 1 aliphatic carbocycles. The third-order valence-electron chi connectivity index (χ3n) is 5.99. The molecule has 2 saturated heterocycles. The summed E-state index contributed by atoms with van der Waals surface area (Å²) in [5, 5.41) is 20.7. The monoisotopic (exact) mass is 399 g/mol. The molecular weight excluding hydrogens is 374 g/mol. The molecule has 0 spiro atoms. The number of morpholine rings is 1. The summed E-state index contributed by atoms with van der Waals surface area (Å²) in [6.07, 6.45) is 4.85. The van der Waals surface area contributed by atoms with E-state index in [4.69, 9.17) is 20.0 Å². The minimum atomic E-state index is -0.910. The van der Waals surface area contributed by atoms with Crippen molar-refractivity contribution in [2.75, 3.05) is 44.3 Å². The summed E-state index contributed by atoms with van der Waals surface area (Å²) in [6.45, 7) is 4.99. The van der Waals surface area contributed by atoms with Gasteiger partial charge in [-0.2, -0.15) is 5.26 Å². The van der Waals surface area contributed by atoms with Crippen molar-refractivity contribution < 1.29 is 9.84 Å². The molecule has 3 aliphatic rings. The summed E-state index contributed by atoms with van der Waals surface area (Å²) in [5.41, 5.74) is 0.502. The SMILES string of the molecule is N#CCC1(O)CN(c2nc(CN3CCOCC3)nc3sc4c(c23)CCCC4)C1. The van der Waals surface area contributed by atoms with Crippen LogP contribution in [0.2, 0.25) is 0 Å². The third-order valence-corrected chi connectivity index (χ3v) is 7.17. The number of aliphatic hydroxyl groups is 1. The Bertz CT molecular complexity index is 925. The predicted molar refractivity (Wildman–Crippen MR) is 108 cm³/mol. The minimum absolute atomic E-state index is 0.167. The fourth-order valence-corrected chi connectivity index (χ4v) is 5.79. The number of β-amino-alcohol motifs (C(OH)–C–C–N with tert-alkyl or cyclic N) is 1. The van der Waals surface area contributed by atoms with Gasteiger partial charge in [0.05, 0.1) is 50.7 Å². The van der Waals surface area contributed by atoms with Gasteiger partial charge in [0.25, 0.3) is 0 Å². The van der Waals surface area contributed by atoms with E-state index in [0.717, 1.165) is 62.2 Å². The Labute approximate surface area is 168 Å². The number of nitriles is 1. The van der Waals surface area contributed by atoms with Gasteiger partial charge in [-0.05, 0) is 31.2 Å². The maximum Gasteiger partial charge on any atom is 0.146 e. The van der Waals surface area contributed by atoms with Crippen LogP contribution in [0.15, 0.2) is 0 Å². The fraction of sp³-hybridized carbons (Fsp3) is 0.650. The molecule has 0 saturated carbocycles. The van der Waals surface area contributed by atoms with Gasteiger partial charge in [0, 0.05) is 18.0 Å². The molecule has 1 N–H and O–H groups in total. The van der Waals surface area contributed by atoms with E-state index in [0.29, 0.717) is 13.1 Å². The van der Waals surface area contributed by atoms with Crippen molar-refractivity contribution in [1.29, 1.82) is 5.26 Å². The number of hydrogen-bond acceptors (Lipinski definition) is 8.